The molecule has 0 unspecified atom stereocenters. The number of thiol groups is 1. The van der Waals surface area contributed by atoms with E-state index in [1.807, 2.05) is 0 Å². The van der Waals surface area contributed by atoms with E-state index in [4.69, 9.17) is 16.0 Å². The van der Waals surface area contributed by atoms with Crippen molar-refractivity contribution in [2.24, 2.45) is 0 Å². The SMILES string of the molecule is O=c1oc2cc([SH](=O)=O)ccc2n1-c1ccc(C(F)(F)F)cc1Cl. The lowest BCUT2D eigenvalue weighted by atomic mass is 10.2. The molecule has 0 N–H and O–H groups in total. The third kappa shape index (κ3) is 2.80. The third-order valence-electron chi connectivity index (χ3n) is 3.29. The summed E-state index contributed by atoms with van der Waals surface area (Å²) in [6.45, 7) is 0. The molecule has 3 rings (SSSR count). The summed E-state index contributed by atoms with van der Waals surface area (Å²) in [5.74, 6) is -0.898. The van der Waals surface area contributed by atoms with Gasteiger partial charge in [-0.1, -0.05) is 11.6 Å². The van der Waals surface area contributed by atoms with Crippen LogP contribution in [0.4, 0.5) is 13.2 Å². The molecule has 1 heterocycles. The maximum atomic E-state index is 12.7. The molecule has 126 valence electrons. The van der Waals surface area contributed by atoms with Crippen LogP contribution in [-0.2, 0) is 16.9 Å². The highest BCUT2D eigenvalue weighted by molar-refractivity contribution is 7.72. The lowest BCUT2D eigenvalue weighted by molar-refractivity contribution is -0.137. The van der Waals surface area contributed by atoms with Gasteiger partial charge in [0, 0.05) is 6.07 Å². The minimum absolute atomic E-state index is 0.00678. The van der Waals surface area contributed by atoms with E-state index in [0.29, 0.717) is 6.07 Å². The zero-order valence-corrected chi connectivity index (χ0v) is 13.2. The average molecular weight is 378 g/mol. The van der Waals surface area contributed by atoms with Crippen molar-refractivity contribution in [3.8, 4) is 5.69 Å². The van der Waals surface area contributed by atoms with Crippen LogP contribution in [0.5, 0.6) is 0 Å². The van der Waals surface area contributed by atoms with Crippen molar-refractivity contribution in [1.82, 2.24) is 4.57 Å². The Morgan fingerprint density at radius 1 is 1.08 bits per heavy atom. The Kier molecular flexibility index (Phi) is 3.92. The minimum Gasteiger partial charge on any atom is -0.407 e. The molecule has 24 heavy (non-hydrogen) atoms. The summed E-state index contributed by atoms with van der Waals surface area (Å²) in [4.78, 5) is 12.0. The van der Waals surface area contributed by atoms with E-state index in [1.165, 1.54) is 12.1 Å². The minimum atomic E-state index is -4.57. The molecule has 0 bridgehead atoms. The molecular formula is C14H7ClF3NO4S. The van der Waals surface area contributed by atoms with Crippen molar-refractivity contribution < 1.29 is 26.0 Å². The molecule has 0 aliphatic heterocycles. The first-order valence-corrected chi connectivity index (χ1v) is 7.91. The van der Waals surface area contributed by atoms with Gasteiger partial charge in [0.1, 0.15) is 0 Å². The molecule has 5 nitrogen and oxygen atoms in total. The van der Waals surface area contributed by atoms with Crippen LogP contribution in [0, 0.1) is 0 Å². The largest absolute Gasteiger partial charge is 0.424 e. The molecule has 10 heteroatoms. The molecule has 0 spiro atoms. The Hall–Kier alpha value is -2.26. The molecule has 0 aliphatic rings. The first-order chi connectivity index (χ1) is 11.2. The summed E-state index contributed by atoms with van der Waals surface area (Å²) in [5, 5.41) is -0.298. The summed E-state index contributed by atoms with van der Waals surface area (Å²) < 4.78 is 66.0. The molecule has 0 radical (unpaired) electrons. The quantitative estimate of drug-likeness (QED) is 0.696. The van der Waals surface area contributed by atoms with E-state index in [2.05, 4.69) is 0 Å². The predicted molar refractivity (Wildman–Crippen MR) is 80.4 cm³/mol. The lowest BCUT2D eigenvalue weighted by Gasteiger charge is -2.10. The van der Waals surface area contributed by atoms with Crippen LogP contribution < -0.4 is 5.76 Å². The Balaban J connectivity index is 2.23. The van der Waals surface area contributed by atoms with Crippen molar-refractivity contribution in [3.05, 3.63) is 57.5 Å². The number of alkyl halides is 3. The van der Waals surface area contributed by atoms with Crippen LogP contribution >= 0.6 is 11.6 Å². The van der Waals surface area contributed by atoms with Crippen molar-refractivity contribution in [2.45, 2.75) is 11.1 Å². The molecule has 0 saturated heterocycles. The highest BCUT2D eigenvalue weighted by Crippen LogP contribution is 2.33. The summed E-state index contributed by atoms with van der Waals surface area (Å²) in [6.07, 6.45) is -4.57. The molecule has 0 atom stereocenters. The number of hydrogen-bond acceptors (Lipinski definition) is 4. The van der Waals surface area contributed by atoms with Gasteiger partial charge in [0.2, 0.25) is 0 Å². The zero-order valence-electron chi connectivity index (χ0n) is 11.5. The summed E-state index contributed by atoms with van der Waals surface area (Å²) >= 11 is 5.88. The highest BCUT2D eigenvalue weighted by Gasteiger charge is 2.31. The third-order valence-corrected chi connectivity index (χ3v) is 4.29. The normalized spacial score (nSPS) is 12.2. The molecule has 3 aromatic rings. The Morgan fingerprint density at radius 2 is 1.79 bits per heavy atom. The van der Waals surface area contributed by atoms with Crippen LogP contribution in [0.15, 0.2) is 50.5 Å². The fourth-order valence-electron chi connectivity index (χ4n) is 2.21. The van der Waals surface area contributed by atoms with E-state index >= 15 is 0 Å². The second-order valence-corrected chi connectivity index (χ2v) is 6.21. The van der Waals surface area contributed by atoms with Gasteiger partial charge in [-0.3, -0.25) is 0 Å². The molecule has 0 fully saturated rings. The first kappa shape index (κ1) is 16.6. The highest BCUT2D eigenvalue weighted by atomic mass is 35.5. The molecule has 0 amide bonds. The van der Waals surface area contributed by atoms with Crippen molar-refractivity contribution in [2.75, 3.05) is 0 Å². The van der Waals surface area contributed by atoms with Gasteiger partial charge in [-0.2, -0.15) is 13.2 Å². The summed E-state index contributed by atoms with van der Waals surface area (Å²) in [5.41, 5.74) is -0.801. The number of fused-ring (bicyclic) bond motifs is 1. The topological polar surface area (TPSA) is 69.3 Å². The van der Waals surface area contributed by atoms with Gasteiger partial charge in [-0.25, -0.2) is 17.8 Å². The maximum Gasteiger partial charge on any atom is 0.424 e. The van der Waals surface area contributed by atoms with Gasteiger partial charge in [0.05, 0.1) is 26.7 Å². The number of benzene rings is 2. The van der Waals surface area contributed by atoms with E-state index in [-0.39, 0.29) is 26.7 Å². The average Bonchev–Trinajstić information content (AvgIpc) is 2.81. The number of halogens is 4. The van der Waals surface area contributed by atoms with Gasteiger partial charge in [0.25, 0.3) is 0 Å². The molecular weight excluding hydrogens is 371 g/mol. The van der Waals surface area contributed by atoms with E-state index < -0.39 is 28.2 Å². The van der Waals surface area contributed by atoms with Crippen molar-refractivity contribution >= 4 is 33.4 Å². The first-order valence-electron chi connectivity index (χ1n) is 6.35. The summed E-state index contributed by atoms with van der Waals surface area (Å²) in [7, 11) is -2.87. The van der Waals surface area contributed by atoms with Crippen LogP contribution in [0.1, 0.15) is 5.56 Å². The second kappa shape index (κ2) is 5.67. The Morgan fingerprint density at radius 3 is 2.38 bits per heavy atom. The van der Waals surface area contributed by atoms with Crippen LogP contribution in [0.25, 0.3) is 16.8 Å². The fourth-order valence-corrected chi connectivity index (χ4v) is 2.90. The van der Waals surface area contributed by atoms with Gasteiger partial charge in [-0.15, -0.1) is 0 Å². The standard InChI is InChI=1S/C14H7ClF3NO4S/c15-9-5-7(14(16,17)18)1-3-10(9)19-11-4-2-8(24(21)22)6-12(11)23-13(19)20/h1-6,24H. The summed E-state index contributed by atoms with van der Waals surface area (Å²) in [6, 6.07) is 6.24. The smallest absolute Gasteiger partial charge is 0.407 e. The van der Waals surface area contributed by atoms with Gasteiger partial charge in [0.15, 0.2) is 16.3 Å². The lowest BCUT2D eigenvalue weighted by Crippen LogP contribution is -2.13. The van der Waals surface area contributed by atoms with Crippen molar-refractivity contribution in [3.63, 3.8) is 0 Å². The van der Waals surface area contributed by atoms with Crippen LogP contribution in [-0.4, -0.2) is 13.0 Å². The molecule has 0 aliphatic carbocycles. The van der Waals surface area contributed by atoms with Crippen molar-refractivity contribution in [1.29, 1.82) is 0 Å². The maximum absolute atomic E-state index is 12.7. The van der Waals surface area contributed by atoms with Crippen LogP contribution in [0.3, 0.4) is 0 Å². The van der Waals surface area contributed by atoms with E-state index in [0.717, 1.165) is 22.8 Å². The van der Waals surface area contributed by atoms with Gasteiger partial charge < -0.3 is 4.42 Å². The fraction of sp³-hybridized carbons (Fsp3) is 0.0714. The number of hydrogen-bond donors (Lipinski definition) is 1. The van der Waals surface area contributed by atoms with Gasteiger partial charge >= 0.3 is 11.9 Å². The zero-order chi connectivity index (χ0) is 17.6. The predicted octanol–water partition coefficient (Wildman–Crippen LogP) is 3.23. The van der Waals surface area contributed by atoms with Gasteiger partial charge in [-0.05, 0) is 30.3 Å². The Labute approximate surface area is 138 Å². The molecule has 0 saturated carbocycles. The van der Waals surface area contributed by atoms with E-state index in [9.17, 15) is 26.4 Å². The number of rotatable bonds is 2. The Bertz CT molecular complexity index is 1070. The monoisotopic (exact) mass is 377 g/mol. The number of oxazole rings is 1. The number of aromatic nitrogens is 1. The second-order valence-electron chi connectivity index (χ2n) is 4.78. The molecule has 2 aromatic carbocycles. The van der Waals surface area contributed by atoms with Crippen LogP contribution in [0.2, 0.25) is 5.02 Å². The molecule has 1 aromatic heterocycles. The number of nitrogens with zero attached hydrogens (tertiary/aromatic N) is 1. The van der Waals surface area contributed by atoms with E-state index in [1.54, 1.807) is 0 Å².